The van der Waals surface area contributed by atoms with Gasteiger partial charge in [0.05, 0.1) is 0 Å². The number of hydrogen-bond donors (Lipinski definition) is 0. The summed E-state index contributed by atoms with van der Waals surface area (Å²) < 4.78 is 12.8. The lowest BCUT2D eigenvalue weighted by atomic mass is 10.2. The van der Waals surface area contributed by atoms with Crippen LogP contribution in [-0.2, 0) is 0 Å². The minimum atomic E-state index is -0.421. The molecule has 0 bridgehead atoms. The van der Waals surface area contributed by atoms with Gasteiger partial charge in [0.2, 0.25) is 0 Å². The van der Waals surface area contributed by atoms with Crippen LogP contribution >= 0.6 is 15.9 Å². The van der Waals surface area contributed by atoms with Gasteiger partial charge in [0.1, 0.15) is 5.83 Å². The summed E-state index contributed by atoms with van der Waals surface area (Å²) in [7, 11) is 0. The normalized spacial score (nSPS) is 11.2. The molecule has 0 unspecified atom stereocenters. The number of halogens is 2. The molecule has 0 aliphatic carbocycles. The second kappa shape index (κ2) is 3.62. The molecule has 0 saturated heterocycles. The van der Waals surface area contributed by atoms with Gasteiger partial charge in [-0.3, -0.25) is 0 Å². The summed E-state index contributed by atoms with van der Waals surface area (Å²) in [5.74, 6) is -0.421. The van der Waals surface area contributed by atoms with Gasteiger partial charge in [-0.15, -0.1) is 0 Å². The van der Waals surface area contributed by atoms with E-state index in [0.717, 1.165) is 0 Å². The van der Waals surface area contributed by atoms with E-state index in [0.29, 0.717) is 10.1 Å². The van der Waals surface area contributed by atoms with Gasteiger partial charge < -0.3 is 0 Å². The molecule has 0 aromatic carbocycles. The monoisotopic (exact) mass is 190 g/mol. The fourth-order valence-electron chi connectivity index (χ4n) is 0.313. The van der Waals surface area contributed by atoms with Crippen molar-refractivity contribution in [1.82, 2.24) is 0 Å². The highest BCUT2D eigenvalue weighted by molar-refractivity contribution is 9.11. The minimum Gasteiger partial charge on any atom is -0.207 e. The van der Waals surface area contributed by atoms with Gasteiger partial charge in [0.15, 0.2) is 0 Å². The molecule has 0 aromatic rings. The Balaban J connectivity index is 4.17. The highest BCUT2D eigenvalue weighted by Gasteiger charge is 1.91. The Morgan fingerprint density at radius 2 is 2.00 bits per heavy atom. The highest BCUT2D eigenvalue weighted by Crippen LogP contribution is 2.12. The molecule has 0 radical (unpaired) electrons. The molecular weight excluding hydrogens is 183 g/mol. The molecule has 0 aromatic heterocycles. The maximum absolute atomic E-state index is 12.1. The zero-order chi connectivity index (χ0) is 7.44. The van der Waals surface area contributed by atoms with Crippen LogP contribution in [0.4, 0.5) is 4.39 Å². The Bertz CT molecular complexity index is 168. The summed E-state index contributed by atoms with van der Waals surface area (Å²) in [6, 6.07) is 0. The van der Waals surface area contributed by atoms with Crippen LogP contribution in [0.2, 0.25) is 0 Å². The minimum absolute atomic E-state index is 0.421. The Morgan fingerprint density at radius 3 is 2.11 bits per heavy atom. The topological polar surface area (TPSA) is 0 Å². The standard InChI is InChI=1S/C7H8BrF/c1-5(7(3)9)4-6(2)8/h4H,2-3H2,1H3/b5-4-. The lowest BCUT2D eigenvalue weighted by Gasteiger charge is -1.91. The van der Waals surface area contributed by atoms with Crippen molar-refractivity contribution in [3.63, 3.8) is 0 Å². The fourth-order valence-corrected chi connectivity index (χ4v) is 0.657. The molecule has 0 N–H and O–H groups in total. The predicted molar refractivity (Wildman–Crippen MR) is 42.1 cm³/mol. The van der Waals surface area contributed by atoms with E-state index in [9.17, 15) is 4.39 Å². The zero-order valence-corrected chi connectivity index (χ0v) is 6.83. The van der Waals surface area contributed by atoms with Gasteiger partial charge in [-0.1, -0.05) is 29.1 Å². The Labute approximate surface area is 62.9 Å². The van der Waals surface area contributed by atoms with Gasteiger partial charge in [-0.25, -0.2) is 4.39 Å². The van der Waals surface area contributed by atoms with Crippen LogP contribution in [0.1, 0.15) is 6.92 Å². The molecule has 0 saturated carbocycles. The summed E-state index contributed by atoms with van der Waals surface area (Å²) in [5, 5.41) is 0. The van der Waals surface area contributed by atoms with E-state index in [2.05, 4.69) is 29.1 Å². The maximum Gasteiger partial charge on any atom is 0.118 e. The second-order valence-electron chi connectivity index (χ2n) is 1.68. The first-order chi connectivity index (χ1) is 4.04. The Kier molecular flexibility index (Phi) is 3.47. The first-order valence-electron chi connectivity index (χ1n) is 2.41. The van der Waals surface area contributed by atoms with Crippen molar-refractivity contribution < 1.29 is 4.39 Å². The number of hydrogen-bond acceptors (Lipinski definition) is 0. The summed E-state index contributed by atoms with van der Waals surface area (Å²) >= 11 is 3.06. The van der Waals surface area contributed by atoms with Crippen molar-refractivity contribution in [3.8, 4) is 0 Å². The van der Waals surface area contributed by atoms with E-state index >= 15 is 0 Å². The molecule has 0 amide bonds. The lowest BCUT2D eigenvalue weighted by Crippen LogP contribution is -1.72. The van der Waals surface area contributed by atoms with E-state index in [-0.39, 0.29) is 0 Å². The van der Waals surface area contributed by atoms with Crippen molar-refractivity contribution >= 4 is 15.9 Å². The van der Waals surface area contributed by atoms with Crippen molar-refractivity contribution in [1.29, 1.82) is 0 Å². The third-order valence-electron chi connectivity index (χ3n) is 0.801. The van der Waals surface area contributed by atoms with Gasteiger partial charge in [-0.05, 0) is 18.6 Å². The van der Waals surface area contributed by atoms with Crippen LogP contribution in [-0.4, -0.2) is 0 Å². The summed E-state index contributed by atoms with van der Waals surface area (Å²) in [6.07, 6.45) is 1.57. The van der Waals surface area contributed by atoms with Crippen LogP contribution in [0.3, 0.4) is 0 Å². The molecular formula is C7H8BrF. The Morgan fingerprint density at radius 1 is 1.56 bits per heavy atom. The third kappa shape index (κ3) is 4.15. The molecule has 0 nitrogen and oxygen atoms in total. The SMILES string of the molecule is C=C(Br)/C=C(/C)C(=C)F. The zero-order valence-electron chi connectivity index (χ0n) is 5.25. The molecule has 0 aliphatic rings. The summed E-state index contributed by atoms with van der Waals surface area (Å²) in [4.78, 5) is 0. The molecule has 0 aliphatic heterocycles. The maximum atomic E-state index is 12.1. The lowest BCUT2D eigenvalue weighted by molar-refractivity contribution is 0.656. The van der Waals surface area contributed by atoms with Crippen LogP contribution in [0, 0.1) is 0 Å². The van der Waals surface area contributed by atoms with Gasteiger partial charge in [-0.2, -0.15) is 0 Å². The van der Waals surface area contributed by atoms with Crippen molar-refractivity contribution in [3.05, 3.63) is 35.1 Å². The largest absolute Gasteiger partial charge is 0.207 e. The number of allylic oxidation sites excluding steroid dienone is 4. The molecule has 2 heteroatoms. The van der Waals surface area contributed by atoms with Crippen LogP contribution in [0.5, 0.6) is 0 Å². The van der Waals surface area contributed by atoms with Gasteiger partial charge in [0, 0.05) is 4.48 Å². The van der Waals surface area contributed by atoms with E-state index in [4.69, 9.17) is 0 Å². The van der Waals surface area contributed by atoms with Crippen LogP contribution < -0.4 is 0 Å². The second-order valence-corrected chi connectivity index (χ2v) is 2.70. The predicted octanol–water partition coefficient (Wildman–Crippen LogP) is 3.32. The molecule has 50 valence electrons. The average Bonchev–Trinajstić information content (AvgIpc) is 1.63. The van der Waals surface area contributed by atoms with E-state index < -0.39 is 5.83 Å². The molecule has 0 fully saturated rings. The van der Waals surface area contributed by atoms with Crippen LogP contribution in [0.15, 0.2) is 35.1 Å². The summed E-state index contributed by atoms with van der Waals surface area (Å²) in [6.45, 7) is 8.25. The molecule has 0 rings (SSSR count). The first-order valence-corrected chi connectivity index (χ1v) is 3.21. The molecule has 0 atom stereocenters. The van der Waals surface area contributed by atoms with E-state index in [1.165, 1.54) is 0 Å². The van der Waals surface area contributed by atoms with Crippen molar-refractivity contribution in [2.24, 2.45) is 0 Å². The smallest absolute Gasteiger partial charge is 0.118 e. The van der Waals surface area contributed by atoms with Crippen LogP contribution in [0.25, 0.3) is 0 Å². The fraction of sp³-hybridized carbons (Fsp3) is 0.143. The number of rotatable bonds is 2. The average molecular weight is 191 g/mol. The van der Waals surface area contributed by atoms with Crippen molar-refractivity contribution in [2.75, 3.05) is 0 Å². The van der Waals surface area contributed by atoms with E-state index in [1.54, 1.807) is 13.0 Å². The summed E-state index contributed by atoms with van der Waals surface area (Å²) in [5.41, 5.74) is 0.497. The van der Waals surface area contributed by atoms with Crippen molar-refractivity contribution in [2.45, 2.75) is 6.92 Å². The third-order valence-corrected chi connectivity index (χ3v) is 1.03. The quantitative estimate of drug-likeness (QED) is 0.587. The molecule has 0 spiro atoms. The Hall–Kier alpha value is -0.370. The van der Waals surface area contributed by atoms with Gasteiger partial charge in [0.25, 0.3) is 0 Å². The molecule has 0 heterocycles. The first kappa shape index (κ1) is 8.63. The van der Waals surface area contributed by atoms with Gasteiger partial charge >= 0.3 is 0 Å². The molecule has 9 heavy (non-hydrogen) atoms. The highest BCUT2D eigenvalue weighted by atomic mass is 79.9. The van der Waals surface area contributed by atoms with E-state index in [1.807, 2.05) is 0 Å².